The van der Waals surface area contributed by atoms with Crippen molar-refractivity contribution in [1.82, 2.24) is 0 Å². The van der Waals surface area contributed by atoms with E-state index in [0.717, 1.165) is 22.6 Å². The van der Waals surface area contributed by atoms with Crippen molar-refractivity contribution in [2.45, 2.75) is 41.2 Å². The largest absolute Gasteiger partial charge is 0.325 e. The number of hydrogen-bond donors (Lipinski definition) is 1. The molecule has 2 aliphatic rings. The molecule has 2 heterocycles. The Morgan fingerprint density at radius 2 is 2.00 bits per heavy atom. The summed E-state index contributed by atoms with van der Waals surface area (Å²) in [4.78, 5) is 27.3. The van der Waals surface area contributed by atoms with Gasteiger partial charge >= 0.3 is 0 Å². The number of sulfone groups is 1. The van der Waals surface area contributed by atoms with Crippen molar-refractivity contribution in [3.8, 4) is 0 Å². The van der Waals surface area contributed by atoms with Crippen molar-refractivity contribution in [3.63, 3.8) is 0 Å². The first-order valence-corrected chi connectivity index (χ1v) is 12.1. The highest BCUT2D eigenvalue weighted by Crippen LogP contribution is 2.34. The van der Waals surface area contributed by atoms with Crippen LogP contribution in [0.25, 0.3) is 0 Å². The molecule has 152 valence electrons. The molecule has 0 fully saturated rings. The molecule has 0 aliphatic carbocycles. The highest BCUT2D eigenvalue weighted by atomic mass is 32.2. The maximum atomic E-state index is 13.1. The van der Waals surface area contributed by atoms with Crippen LogP contribution in [0.15, 0.2) is 52.3 Å². The molecule has 8 heteroatoms. The number of fused-ring (bicyclic) bond motifs is 2. The minimum atomic E-state index is -3.71. The van der Waals surface area contributed by atoms with Crippen LogP contribution in [0.1, 0.15) is 25.3 Å². The number of thioether (sulfide) groups is 1. The molecular formula is C21H22N2O4S2. The molecule has 0 saturated heterocycles. The van der Waals surface area contributed by atoms with Gasteiger partial charge in [0.1, 0.15) is 0 Å². The van der Waals surface area contributed by atoms with E-state index in [1.165, 1.54) is 17.8 Å². The predicted octanol–water partition coefficient (Wildman–Crippen LogP) is 3.26. The van der Waals surface area contributed by atoms with Crippen molar-refractivity contribution in [1.29, 1.82) is 0 Å². The van der Waals surface area contributed by atoms with E-state index in [2.05, 4.69) is 5.32 Å². The zero-order valence-corrected chi connectivity index (χ0v) is 17.7. The molecule has 0 spiro atoms. The first kappa shape index (κ1) is 20.0. The molecular weight excluding hydrogens is 408 g/mol. The molecule has 6 nitrogen and oxygen atoms in total. The quantitative estimate of drug-likeness (QED) is 0.805. The Bertz CT molecular complexity index is 1080. The smallest absolute Gasteiger partial charge is 0.228 e. The summed E-state index contributed by atoms with van der Waals surface area (Å²) in [5.41, 5.74) is 2.49. The Hall–Kier alpha value is -2.32. The number of hydrogen-bond acceptors (Lipinski definition) is 5. The lowest BCUT2D eigenvalue weighted by atomic mass is 10.2. The summed E-state index contributed by atoms with van der Waals surface area (Å²) in [5.74, 6) is 0.346. The molecule has 0 aromatic heterocycles. The van der Waals surface area contributed by atoms with Crippen molar-refractivity contribution in [2.75, 3.05) is 22.5 Å². The SMILES string of the molecule is C[C@@H](CC(=O)N1CCc2ccccc21)S(=O)(=O)c1ccc2c(c1)NC(=O)CCS2. The van der Waals surface area contributed by atoms with Gasteiger partial charge in [-0.15, -0.1) is 11.8 Å². The molecule has 1 N–H and O–H groups in total. The molecule has 0 saturated carbocycles. The second-order valence-corrected chi connectivity index (χ2v) is 10.8. The molecule has 2 aromatic rings. The normalized spacial score (nSPS) is 17.1. The number of rotatable bonds is 4. The first-order valence-electron chi connectivity index (χ1n) is 9.55. The fraction of sp³-hybridized carbons (Fsp3) is 0.333. The number of carbonyl (C=O) groups excluding carboxylic acids is 2. The third kappa shape index (κ3) is 3.91. The summed E-state index contributed by atoms with van der Waals surface area (Å²) in [6.07, 6.45) is 1.09. The van der Waals surface area contributed by atoms with Gasteiger partial charge in [-0.3, -0.25) is 9.59 Å². The van der Waals surface area contributed by atoms with E-state index < -0.39 is 15.1 Å². The fourth-order valence-electron chi connectivity index (χ4n) is 3.67. The molecule has 0 unspecified atom stereocenters. The number of para-hydroxylation sites is 1. The predicted molar refractivity (Wildman–Crippen MR) is 114 cm³/mol. The van der Waals surface area contributed by atoms with E-state index in [4.69, 9.17) is 0 Å². The second-order valence-electron chi connectivity index (χ2n) is 7.29. The van der Waals surface area contributed by atoms with Crippen molar-refractivity contribution in [2.24, 2.45) is 0 Å². The van der Waals surface area contributed by atoms with E-state index in [-0.39, 0.29) is 23.1 Å². The number of anilines is 2. The van der Waals surface area contributed by atoms with Gasteiger partial charge in [0.2, 0.25) is 11.8 Å². The monoisotopic (exact) mass is 430 g/mol. The number of benzene rings is 2. The van der Waals surface area contributed by atoms with E-state index >= 15 is 0 Å². The van der Waals surface area contributed by atoms with E-state index in [9.17, 15) is 18.0 Å². The first-order chi connectivity index (χ1) is 13.9. The number of nitrogens with one attached hydrogen (secondary N) is 1. The third-order valence-corrected chi connectivity index (χ3v) is 8.53. The molecule has 2 aromatic carbocycles. The van der Waals surface area contributed by atoms with Crippen LogP contribution in [0.3, 0.4) is 0 Å². The average Bonchev–Trinajstić information content (AvgIpc) is 3.03. The van der Waals surface area contributed by atoms with Crippen molar-refractivity contribution < 1.29 is 18.0 Å². The highest BCUT2D eigenvalue weighted by molar-refractivity contribution is 7.99. The zero-order valence-electron chi connectivity index (χ0n) is 16.1. The Morgan fingerprint density at radius 1 is 1.21 bits per heavy atom. The Kier molecular flexibility index (Phi) is 5.40. The average molecular weight is 431 g/mol. The van der Waals surface area contributed by atoms with Gasteiger partial charge in [-0.2, -0.15) is 0 Å². The zero-order chi connectivity index (χ0) is 20.6. The highest BCUT2D eigenvalue weighted by Gasteiger charge is 2.31. The van der Waals surface area contributed by atoms with Gasteiger partial charge in [-0.05, 0) is 43.2 Å². The molecule has 29 heavy (non-hydrogen) atoms. The second kappa shape index (κ2) is 7.84. The third-order valence-electron chi connectivity index (χ3n) is 5.32. The standard InChI is InChI=1S/C21H22N2O4S2/c1-14(12-21(25)23-10-8-15-4-2-3-5-18(15)23)29(26,27)16-6-7-19-17(13-16)22-20(24)9-11-28-19/h2-7,13-14H,8-12H2,1H3,(H,22,24)/t14-/m0/s1. The van der Waals surface area contributed by atoms with Crippen LogP contribution in [0.2, 0.25) is 0 Å². The van der Waals surface area contributed by atoms with Crippen LogP contribution >= 0.6 is 11.8 Å². The summed E-state index contributed by atoms with van der Waals surface area (Å²) >= 11 is 1.52. The van der Waals surface area contributed by atoms with Gasteiger partial charge in [0.25, 0.3) is 0 Å². The van der Waals surface area contributed by atoms with Crippen LogP contribution in [0.5, 0.6) is 0 Å². The molecule has 0 bridgehead atoms. The number of amides is 2. The van der Waals surface area contributed by atoms with Crippen molar-refractivity contribution in [3.05, 3.63) is 48.0 Å². The van der Waals surface area contributed by atoms with Gasteiger partial charge < -0.3 is 10.2 Å². The summed E-state index contributed by atoms with van der Waals surface area (Å²) in [7, 11) is -3.71. The minimum absolute atomic E-state index is 0.0884. The Morgan fingerprint density at radius 3 is 2.83 bits per heavy atom. The van der Waals surface area contributed by atoms with Crippen LogP contribution in [0.4, 0.5) is 11.4 Å². The van der Waals surface area contributed by atoms with Gasteiger partial charge in [0, 0.05) is 35.7 Å². The van der Waals surface area contributed by atoms with Crippen LogP contribution in [0, 0.1) is 0 Å². The lowest BCUT2D eigenvalue weighted by Crippen LogP contribution is -2.33. The molecule has 2 aliphatic heterocycles. The van der Waals surface area contributed by atoms with Crippen LogP contribution < -0.4 is 10.2 Å². The van der Waals surface area contributed by atoms with Crippen LogP contribution in [-0.4, -0.2) is 37.8 Å². The van der Waals surface area contributed by atoms with Gasteiger partial charge in [0.05, 0.1) is 15.8 Å². The van der Waals surface area contributed by atoms with Crippen LogP contribution in [-0.2, 0) is 25.8 Å². The topological polar surface area (TPSA) is 83.6 Å². The summed E-state index contributed by atoms with van der Waals surface area (Å²) in [6.45, 7) is 2.14. The molecule has 2 amide bonds. The molecule has 4 rings (SSSR count). The van der Waals surface area contributed by atoms with Crippen molar-refractivity contribution >= 4 is 44.8 Å². The molecule has 1 atom stereocenters. The van der Waals surface area contributed by atoms with E-state index in [0.29, 0.717) is 24.4 Å². The summed E-state index contributed by atoms with van der Waals surface area (Å²) in [6, 6.07) is 12.5. The van der Waals surface area contributed by atoms with Gasteiger partial charge in [0.15, 0.2) is 9.84 Å². The van der Waals surface area contributed by atoms with E-state index in [1.807, 2.05) is 24.3 Å². The lowest BCUT2D eigenvalue weighted by molar-refractivity contribution is -0.118. The minimum Gasteiger partial charge on any atom is -0.325 e. The maximum Gasteiger partial charge on any atom is 0.228 e. The maximum absolute atomic E-state index is 13.1. The fourth-order valence-corrected chi connectivity index (χ4v) is 5.97. The van der Waals surface area contributed by atoms with E-state index in [1.54, 1.807) is 24.0 Å². The Labute approximate surface area is 174 Å². The number of carbonyl (C=O) groups is 2. The lowest BCUT2D eigenvalue weighted by Gasteiger charge is -2.20. The summed E-state index contributed by atoms with van der Waals surface area (Å²) in [5, 5.41) is 1.91. The molecule has 0 radical (unpaired) electrons. The summed E-state index contributed by atoms with van der Waals surface area (Å²) < 4.78 is 26.2. The van der Waals surface area contributed by atoms with Gasteiger partial charge in [-0.25, -0.2) is 8.42 Å². The Balaban J connectivity index is 1.53. The number of nitrogens with zero attached hydrogens (tertiary/aromatic N) is 1. The van der Waals surface area contributed by atoms with Gasteiger partial charge in [-0.1, -0.05) is 18.2 Å².